The lowest BCUT2D eigenvalue weighted by Gasteiger charge is -2.29. The number of phosphoric acid groups is 1. The number of allylic oxidation sites excluding steroid dienone is 13. The summed E-state index contributed by atoms with van der Waals surface area (Å²) in [6.45, 7) is 4.55. The number of aliphatic hydroxyl groups excluding tert-OH is 1. The summed E-state index contributed by atoms with van der Waals surface area (Å²) in [5.74, 6) is -0.205. The second-order valence-electron chi connectivity index (χ2n) is 24.5. The van der Waals surface area contributed by atoms with Crippen LogP contribution >= 0.6 is 7.82 Å². The summed E-state index contributed by atoms with van der Waals surface area (Å²) in [5, 5.41) is 13.9. The third-order valence-corrected chi connectivity index (χ3v) is 16.3. The number of quaternary nitrogens is 1. The van der Waals surface area contributed by atoms with Crippen LogP contribution in [0.2, 0.25) is 0 Å². The molecule has 0 aliphatic rings. The topological polar surface area (TPSA) is 108 Å². The average Bonchev–Trinajstić information content (AvgIpc) is 3.43. The maximum Gasteiger partial charge on any atom is 0.268 e. The summed E-state index contributed by atoms with van der Waals surface area (Å²) >= 11 is 0. The second kappa shape index (κ2) is 62.2. The summed E-state index contributed by atoms with van der Waals surface area (Å²) in [4.78, 5) is 25.6. The quantitative estimate of drug-likeness (QED) is 0.0272. The highest BCUT2D eigenvalue weighted by atomic mass is 31.2. The zero-order chi connectivity index (χ0) is 59.1. The van der Waals surface area contributed by atoms with Crippen molar-refractivity contribution in [3.8, 4) is 0 Å². The van der Waals surface area contributed by atoms with Crippen LogP contribution in [-0.2, 0) is 18.4 Å². The van der Waals surface area contributed by atoms with E-state index in [0.717, 1.165) is 70.6 Å². The van der Waals surface area contributed by atoms with Crippen molar-refractivity contribution < 1.29 is 32.9 Å². The van der Waals surface area contributed by atoms with Crippen LogP contribution in [0.15, 0.2) is 85.1 Å². The molecule has 0 aliphatic carbocycles. The standard InChI is InChI=1S/C72H133N2O6P/c1-6-8-10-12-14-16-18-20-22-24-26-28-30-32-34-35-36-37-38-39-40-42-44-46-48-50-52-54-56-58-60-62-64-66-72(76)73-70(69-80-81(77,78)79-68-67-74(3,4)5)71(75)65-63-61-59-57-55-53-51-49-47-45-43-41-33-31-29-27-25-23-21-19-17-15-13-11-9-7-2/h8,10,14,16,20,22,26,28,32,34,55,57,63,65,70-71,75H,6-7,9,11-13,15,17-19,21,23-25,27,29-31,33,35-54,56,58-62,64,66-69H2,1-5H3,(H-,73,76,77,78)/b10-8-,16-14-,22-20-,28-26-,34-32-,57-55+,65-63+. The maximum absolute atomic E-state index is 13.0. The summed E-state index contributed by atoms with van der Waals surface area (Å²) in [5.41, 5.74) is 0. The molecule has 0 heterocycles. The largest absolute Gasteiger partial charge is 0.756 e. The van der Waals surface area contributed by atoms with Gasteiger partial charge in [0.05, 0.1) is 39.9 Å². The Kier molecular flexibility index (Phi) is 60.4. The van der Waals surface area contributed by atoms with Crippen molar-refractivity contribution in [3.63, 3.8) is 0 Å². The van der Waals surface area contributed by atoms with E-state index in [2.05, 4.69) is 92.1 Å². The van der Waals surface area contributed by atoms with Crippen molar-refractivity contribution in [2.45, 2.75) is 328 Å². The van der Waals surface area contributed by atoms with Crippen molar-refractivity contribution in [1.82, 2.24) is 5.32 Å². The molecule has 0 bridgehead atoms. The maximum atomic E-state index is 13.0. The molecule has 0 aliphatic heterocycles. The number of aliphatic hydroxyl groups is 1. The van der Waals surface area contributed by atoms with E-state index in [1.807, 2.05) is 27.2 Å². The number of hydrogen-bond acceptors (Lipinski definition) is 6. The summed E-state index contributed by atoms with van der Waals surface area (Å²) in [6.07, 6.45) is 88.5. The smallest absolute Gasteiger partial charge is 0.268 e. The van der Waals surface area contributed by atoms with Crippen LogP contribution in [0.25, 0.3) is 0 Å². The van der Waals surface area contributed by atoms with Crippen LogP contribution in [-0.4, -0.2) is 68.5 Å². The zero-order valence-electron chi connectivity index (χ0n) is 54.0. The van der Waals surface area contributed by atoms with E-state index in [1.54, 1.807) is 6.08 Å². The predicted molar refractivity (Wildman–Crippen MR) is 353 cm³/mol. The molecule has 1 amide bonds. The fourth-order valence-corrected chi connectivity index (χ4v) is 10.7. The molecule has 0 aromatic heterocycles. The van der Waals surface area contributed by atoms with Crippen molar-refractivity contribution in [2.24, 2.45) is 0 Å². The van der Waals surface area contributed by atoms with E-state index in [-0.39, 0.29) is 12.5 Å². The monoisotopic (exact) mass is 1150 g/mol. The van der Waals surface area contributed by atoms with Crippen molar-refractivity contribution in [2.75, 3.05) is 40.9 Å². The summed E-state index contributed by atoms with van der Waals surface area (Å²) in [7, 11) is 1.25. The van der Waals surface area contributed by atoms with Crippen LogP contribution in [0.1, 0.15) is 316 Å². The van der Waals surface area contributed by atoms with Gasteiger partial charge < -0.3 is 28.8 Å². The van der Waals surface area contributed by atoms with Crippen LogP contribution in [0.3, 0.4) is 0 Å². The molecule has 3 unspecified atom stereocenters. The molecule has 0 saturated heterocycles. The number of rotatable bonds is 63. The average molecular weight is 1150 g/mol. The van der Waals surface area contributed by atoms with E-state index in [1.165, 1.54) is 225 Å². The van der Waals surface area contributed by atoms with Crippen molar-refractivity contribution in [1.29, 1.82) is 0 Å². The minimum Gasteiger partial charge on any atom is -0.756 e. The van der Waals surface area contributed by atoms with Gasteiger partial charge in [-0.3, -0.25) is 9.36 Å². The van der Waals surface area contributed by atoms with Crippen molar-refractivity contribution >= 4 is 13.7 Å². The molecule has 3 atom stereocenters. The van der Waals surface area contributed by atoms with E-state index in [4.69, 9.17) is 9.05 Å². The SMILES string of the molecule is CC/C=C\C/C=C\C/C=C\C/C=C\C/C=C\CCCCCCCCCCCCCCCCCCCC(=O)NC(COP(=O)([O-])OCC[N+](C)(C)C)C(O)/C=C/CC/C=C/CCCCCCCCCCCCCCCCCCCCCC. The Morgan fingerprint density at radius 1 is 0.444 bits per heavy atom. The molecule has 472 valence electrons. The Labute approximate surface area is 503 Å². The van der Waals surface area contributed by atoms with Crippen LogP contribution in [0.5, 0.6) is 0 Å². The molecular weight excluding hydrogens is 1020 g/mol. The highest BCUT2D eigenvalue weighted by Gasteiger charge is 2.23. The van der Waals surface area contributed by atoms with Gasteiger partial charge in [-0.05, 0) is 77.0 Å². The van der Waals surface area contributed by atoms with Crippen LogP contribution in [0.4, 0.5) is 0 Å². The molecule has 0 fully saturated rings. The Morgan fingerprint density at radius 2 is 0.765 bits per heavy atom. The van der Waals surface area contributed by atoms with Gasteiger partial charge in [0.15, 0.2) is 0 Å². The molecule has 8 nitrogen and oxygen atoms in total. The third kappa shape index (κ3) is 65.1. The van der Waals surface area contributed by atoms with Gasteiger partial charge in [-0.2, -0.15) is 0 Å². The number of phosphoric ester groups is 1. The second-order valence-corrected chi connectivity index (χ2v) is 25.9. The normalized spacial score (nSPS) is 14.2. The summed E-state index contributed by atoms with van der Waals surface area (Å²) < 4.78 is 23.4. The highest BCUT2D eigenvalue weighted by Crippen LogP contribution is 2.38. The van der Waals surface area contributed by atoms with Gasteiger partial charge in [0, 0.05) is 6.42 Å². The van der Waals surface area contributed by atoms with Gasteiger partial charge in [-0.25, -0.2) is 0 Å². The molecule has 0 spiro atoms. The number of carbonyl (C=O) groups is 1. The van der Waals surface area contributed by atoms with E-state index in [9.17, 15) is 19.4 Å². The molecule has 81 heavy (non-hydrogen) atoms. The molecule has 0 rings (SSSR count). The molecule has 0 radical (unpaired) electrons. The Morgan fingerprint density at radius 3 is 1.15 bits per heavy atom. The number of likely N-dealkylation sites (N-methyl/N-ethyl adjacent to an activating group) is 1. The van der Waals surface area contributed by atoms with Gasteiger partial charge in [0.1, 0.15) is 13.2 Å². The third-order valence-electron chi connectivity index (χ3n) is 15.3. The number of amides is 1. The molecular formula is C72H133N2O6P. The van der Waals surface area contributed by atoms with Crippen LogP contribution < -0.4 is 10.2 Å². The number of hydrogen-bond donors (Lipinski definition) is 2. The lowest BCUT2D eigenvalue weighted by molar-refractivity contribution is -0.870. The first kappa shape index (κ1) is 78.7. The zero-order valence-corrected chi connectivity index (χ0v) is 54.9. The number of nitrogens with zero attached hydrogens (tertiary/aromatic N) is 1. The predicted octanol–water partition coefficient (Wildman–Crippen LogP) is 21.3. The molecule has 0 saturated carbocycles. The molecule has 0 aromatic rings. The first-order chi connectivity index (χ1) is 39.5. The fraction of sp³-hybridized carbons (Fsp3) is 0.792. The van der Waals surface area contributed by atoms with Gasteiger partial charge in [-0.1, -0.05) is 317 Å². The van der Waals surface area contributed by atoms with Crippen LogP contribution in [0, 0.1) is 0 Å². The Bertz CT molecular complexity index is 1600. The van der Waals surface area contributed by atoms with E-state index >= 15 is 0 Å². The highest BCUT2D eigenvalue weighted by molar-refractivity contribution is 7.45. The minimum absolute atomic E-state index is 0.00778. The van der Waals surface area contributed by atoms with E-state index < -0.39 is 26.6 Å². The molecule has 2 N–H and O–H groups in total. The first-order valence-corrected chi connectivity index (χ1v) is 35.9. The number of unbranched alkanes of at least 4 members (excludes halogenated alkanes) is 38. The Balaban J connectivity index is 4.10. The Hall–Kier alpha value is -2.32. The van der Waals surface area contributed by atoms with Gasteiger partial charge in [0.2, 0.25) is 5.91 Å². The summed E-state index contributed by atoms with van der Waals surface area (Å²) in [6, 6.07) is -0.908. The molecule has 9 heteroatoms. The number of carbonyl (C=O) groups excluding carboxylic acids is 1. The first-order valence-electron chi connectivity index (χ1n) is 34.4. The lowest BCUT2D eigenvalue weighted by atomic mass is 10.0. The van der Waals surface area contributed by atoms with E-state index in [0.29, 0.717) is 17.4 Å². The van der Waals surface area contributed by atoms with Gasteiger partial charge in [0.25, 0.3) is 7.82 Å². The number of nitrogens with one attached hydrogen (secondary N) is 1. The fourth-order valence-electron chi connectivity index (χ4n) is 10.0. The molecule has 0 aromatic carbocycles. The van der Waals surface area contributed by atoms with Gasteiger partial charge >= 0.3 is 0 Å². The van der Waals surface area contributed by atoms with Crippen molar-refractivity contribution in [3.05, 3.63) is 85.1 Å². The van der Waals surface area contributed by atoms with Gasteiger partial charge in [-0.15, -0.1) is 0 Å². The minimum atomic E-state index is -4.61. The lowest BCUT2D eigenvalue weighted by Crippen LogP contribution is -2.45.